The highest BCUT2D eigenvalue weighted by Crippen LogP contribution is 2.19. The van der Waals surface area contributed by atoms with Crippen LogP contribution in [0.2, 0.25) is 0 Å². The molecule has 0 saturated carbocycles. The Morgan fingerprint density at radius 3 is 2.19 bits per heavy atom. The van der Waals surface area contributed by atoms with Crippen LogP contribution >= 0.6 is 0 Å². The molecule has 3 heteroatoms. The van der Waals surface area contributed by atoms with E-state index in [1.165, 1.54) is 16.7 Å². The van der Waals surface area contributed by atoms with Crippen molar-refractivity contribution < 1.29 is 9.84 Å². The molecule has 2 aromatic carbocycles. The van der Waals surface area contributed by atoms with Crippen molar-refractivity contribution in [3.63, 3.8) is 0 Å². The topological polar surface area (TPSA) is 32.7 Å². The third-order valence-electron chi connectivity index (χ3n) is 3.50. The van der Waals surface area contributed by atoms with Crippen LogP contribution in [0.4, 0.5) is 0 Å². The van der Waals surface area contributed by atoms with E-state index in [1.54, 1.807) is 7.11 Å². The van der Waals surface area contributed by atoms with Crippen molar-refractivity contribution in [1.82, 2.24) is 4.90 Å². The maximum atomic E-state index is 9.12. The van der Waals surface area contributed by atoms with Crippen molar-refractivity contribution in [3.8, 4) is 11.1 Å². The zero-order valence-corrected chi connectivity index (χ0v) is 12.5. The molecule has 0 aromatic heterocycles. The van der Waals surface area contributed by atoms with Crippen molar-refractivity contribution in [2.45, 2.75) is 6.54 Å². The highest BCUT2D eigenvalue weighted by atomic mass is 16.5. The number of hydrogen-bond acceptors (Lipinski definition) is 3. The van der Waals surface area contributed by atoms with E-state index in [1.807, 2.05) is 6.07 Å². The zero-order chi connectivity index (χ0) is 14.9. The van der Waals surface area contributed by atoms with Crippen LogP contribution in [0.1, 0.15) is 5.56 Å². The first-order valence-electron chi connectivity index (χ1n) is 7.30. The normalized spacial score (nSPS) is 11.0. The number of nitrogens with zero attached hydrogens (tertiary/aromatic N) is 1. The summed E-state index contributed by atoms with van der Waals surface area (Å²) in [4.78, 5) is 2.20. The summed E-state index contributed by atoms with van der Waals surface area (Å²) >= 11 is 0. The maximum absolute atomic E-state index is 9.12. The third-order valence-corrected chi connectivity index (χ3v) is 3.50. The lowest BCUT2D eigenvalue weighted by Crippen LogP contribution is -2.29. The number of rotatable bonds is 8. The van der Waals surface area contributed by atoms with Crippen LogP contribution in [0.15, 0.2) is 54.6 Å². The van der Waals surface area contributed by atoms with Gasteiger partial charge in [-0.15, -0.1) is 0 Å². The Morgan fingerprint density at radius 2 is 1.57 bits per heavy atom. The predicted molar refractivity (Wildman–Crippen MR) is 86.1 cm³/mol. The third kappa shape index (κ3) is 4.97. The summed E-state index contributed by atoms with van der Waals surface area (Å²) in [5, 5.41) is 9.12. The Balaban J connectivity index is 2.01. The number of hydrogen-bond donors (Lipinski definition) is 1. The molecule has 3 nitrogen and oxygen atoms in total. The van der Waals surface area contributed by atoms with Gasteiger partial charge in [-0.3, -0.25) is 4.90 Å². The van der Waals surface area contributed by atoms with Crippen molar-refractivity contribution in [3.05, 3.63) is 60.2 Å². The van der Waals surface area contributed by atoms with Crippen molar-refractivity contribution >= 4 is 0 Å². The average molecular weight is 285 g/mol. The second kappa shape index (κ2) is 8.57. The fourth-order valence-corrected chi connectivity index (χ4v) is 2.32. The van der Waals surface area contributed by atoms with Crippen LogP contribution in [-0.2, 0) is 11.3 Å². The molecule has 0 atom stereocenters. The van der Waals surface area contributed by atoms with E-state index in [0.717, 1.165) is 13.1 Å². The first-order chi connectivity index (χ1) is 10.3. The second-order valence-corrected chi connectivity index (χ2v) is 5.06. The van der Waals surface area contributed by atoms with Crippen LogP contribution < -0.4 is 0 Å². The lowest BCUT2D eigenvalue weighted by molar-refractivity contribution is 0.127. The fourth-order valence-electron chi connectivity index (χ4n) is 2.32. The van der Waals surface area contributed by atoms with E-state index < -0.39 is 0 Å². The standard InChI is InChI=1S/C18H23NO2/c1-21-14-12-19(11-13-20)15-16-7-9-18(10-8-16)17-5-3-2-4-6-17/h2-10,20H,11-15H2,1H3. The van der Waals surface area contributed by atoms with Gasteiger partial charge in [0.15, 0.2) is 0 Å². The van der Waals surface area contributed by atoms with Crippen molar-refractivity contribution in [1.29, 1.82) is 0 Å². The molecule has 21 heavy (non-hydrogen) atoms. The SMILES string of the molecule is COCCN(CCO)Cc1ccc(-c2ccccc2)cc1. The van der Waals surface area contributed by atoms with E-state index in [2.05, 4.69) is 53.4 Å². The van der Waals surface area contributed by atoms with Crippen LogP contribution in [0, 0.1) is 0 Å². The molecule has 0 saturated heterocycles. The average Bonchev–Trinajstić information content (AvgIpc) is 2.54. The number of benzene rings is 2. The molecular formula is C18H23NO2. The van der Waals surface area contributed by atoms with Gasteiger partial charge in [0.25, 0.3) is 0 Å². The molecule has 0 aliphatic carbocycles. The maximum Gasteiger partial charge on any atom is 0.0589 e. The number of methoxy groups -OCH3 is 1. The molecule has 0 amide bonds. The number of ether oxygens (including phenoxy) is 1. The van der Waals surface area contributed by atoms with E-state index in [9.17, 15) is 0 Å². The lowest BCUT2D eigenvalue weighted by atomic mass is 10.0. The smallest absolute Gasteiger partial charge is 0.0589 e. The molecule has 112 valence electrons. The molecule has 2 rings (SSSR count). The fraction of sp³-hybridized carbons (Fsp3) is 0.333. The molecule has 0 heterocycles. The van der Waals surface area contributed by atoms with Crippen LogP contribution in [0.25, 0.3) is 11.1 Å². The lowest BCUT2D eigenvalue weighted by Gasteiger charge is -2.21. The first kappa shape index (κ1) is 15.7. The van der Waals surface area contributed by atoms with E-state index in [0.29, 0.717) is 13.2 Å². The van der Waals surface area contributed by atoms with Gasteiger partial charge in [-0.25, -0.2) is 0 Å². The van der Waals surface area contributed by atoms with E-state index in [-0.39, 0.29) is 6.61 Å². The Kier molecular flexibility index (Phi) is 6.41. The van der Waals surface area contributed by atoms with Gasteiger partial charge in [0.2, 0.25) is 0 Å². The van der Waals surface area contributed by atoms with Crippen molar-refractivity contribution in [2.24, 2.45) is 0 Å². The van der Waals surface area contributed by atoms with Gasteiger partial charge in [-0.2, -0.15) is 0 Å². The zero-order valence-electron chi connectivity index (χ0n) is 12.5. The molecule has 0 aliphatic heterocycles. The van der Waals surface area contributed by atoms with E-state index in [4.69, 9.17) is 9.84 Å². The Hall–Kier alpha value is -1.68. The van der Waals surface area contributed by atoms with Gasteiger partial charge < -0.3 is 9.84 Å². The summed E-state index contributed by atoms with van der Waals surface area (Å²) in [6.45, 7) is 3.19. The number of aliphatic hydroxyl groups excluding tert-OH is 1. The minimum absolute atomic E-state index is 0.172. The van der Waals surface area contributed by atoms with Gasteiger partial charge in [0, 0.05) is 26.7 Å². The highest BCUT2D eigenvalue weighted by Gasteiger charge is 2.05. The summed E-state index contributed by atoms with van der Waals surface area (Å²) in [6, 6.07) is 19.0. The van der Waals surface area contributed by atoms with Crippen molar-refractivity contribution in [2.75, 3.05) is 33.4 Å². The Morgan fingerprint density at radius 1 is 0.905 bits per heavy atom. The summed E-state index contributed by atoms with van der Waals surface area (Å²) in [5.74, 6) is 0. The summed E-state index contributed by atoms with van der Waals surface area (Å²) in [5.41, 5.74) is 3.71. The summed E-state index contributed by atoms with van der Waals surface area (Å²) in [7, 11) is 1.70. The Bertz CT molecular complexity index is 511. The molecule has 0 bridgehead atoms. The van der Waals surface area contributed by atoms with Gasteiger partial charge in [-0.05, 0) is 16.7 Å². The predicted octanol–water partition coefficient (Wildman–Crippen LogP) is 2.79. The van der Waals surface area contributed by atoms with Gasteiger partial charge >= 0.3 is 0 Å². The largest absolute Gasteiger partial charge is 0.395 e. The first-order valence-corrected chi connectivity index (χ1v) is 7.30. The van der Waals surface area contributed by atoms with Crippen LogP contribution in [0.5, 0.6) is 0 Å². The second-order valence-electron chi connectivity index (χ2n) is 5.06. The monoisotopic (exact) mass is 285 g/mol. The minimum Gasteiger partial charge on any atom is -0.395 e. The number of aliphatic hydroxyl groups is 1. The molecule has 2 aromatic rings. The van der Waals surface area contributed by atoms with E-state index >= 15 is 0 Å². The summed E-state index contributed by atoms with van der Waals surface area (Å²) in [6.07, 6.45) is 0. The van der Waals surface area contributed by atoms with Gasteiger partial charge in [0.05, 0.1) is 13.2 Å². The molecule has 0 spiro atoms. The van der Waals surface area contributed by atoms with Crippen LogP contribution in [0.3, 0.4) is 0 Å². The Labute approximate surface area is 126 Å². The van der Waals surface area contributed by atoms with Crippen LogP contribution in [-0.4, -0.2) is 43.4 Å². The molecule has 0 unspecified atom stereocenters. The molecule has 0 aliphatic rings. The minimum atomic E-state index is 0.172. The quantitative estimate of drug-likeness (QED) is 0.809. The van der Waals surface area contributed by atoms with Gasteiger partial charge in [0.1, 0.15) is 0 Å². The summed E-state index contributed by atoms with van der Waals surface area (Å²) < 4.78 is 5.11. The highest BCUT2D eigenvalue weighted by molar-refractivity contribution is 5.63. The molecule has 0 fully saturated rings. The molecule has 1 N–H and O–H groups in total. The molecule has 0 radical (unpaired) electrons. The molecular weight excluding hydrogens is 262 g/mol. The van der Waals surface area contributed by atoms with Gasteiger partial charge in [-0.1, -0.05) is 54.6 Å².